The number of nitriles is 1. The maximum Gasteiger partial charge on any atom is 0.300 e. The molecule has 0 bridgehead atoms. The third kappa shape index (κ3) is 2.04. The molecule has 98 valence electrons. The van der Waals surface area contributed by atoms with Gasteiger partial charge in [-0.05, 0) is 36.8 Å². The molecule has 3 rings (SSSR count). The molecule has 1 heterocycles. The molecular formula is C15H12N4O. The minimum absolute atomic E-state index is 0.357. The van der Waals surface area contributed by atoms with Gasteiger partial charge in [-0.25, -0.2) is 0 Å². The summed E-state index contributed by atoms with van der Waals surface area (Å²) >= 11 is 0. The summed E-state index contributed by atoms with van der Waals surface area (Å²) in [5, 5.41) is 12.0. The molecule has 0 unspecified atom stereocenters. The van der Waals surface area contributed by atoms with Crippen molar-refractivity contribution in [3.63, 3.8) is 0 Å². The Morgan fingerprint density at radius 2 is 2.15 bits per heavy atom. The number of nitrogens with one attached hydrogen (secondary N) is 1. The molecule has 0 radical (unpaired) electrons. The molecule has 0 saturated heterocycles. The summed E-state index contributed by atoms with van der Waals surface area (Å²) in [6.07, 6.45) is 0. The molecule has 3 aromatic rings. The highest BCUT2D eigenvalue weighted by atomic mass is 16.4. The Bertz CT molecular complexity index is 829. The third-order valence-electron chi connectivity index (χ3n) is 3.06. The van der Waals surface area contributed by atoms with Crippen LogP contribution in [0.1, 0.15) is 11.1 Å². The molecule has 5 heteroatoms. The Kier molecular flexibility index (Phi) is 2.77. The number of aromatic nitrogens is 1. The van der Waals surface area contributed by atoms with E-state index in [0.29, 0.717) is 28.4 Å². The first-order valence-electron chi connectivity index (χ1n) is 6.10. The molecule has 0 atom stereocenters. The maximum atomic E-state index is 8.94. The number of hydrogen-bond acceptors (Lipinski definition) is 5. The van der Waals surface area contributed by atoms with Gasteiger partial charge in [-0.3, -0.25) is 0 Å². The predicted octanol–water partition coefficient (Wildman–Crippen LogP) is 3.33. The van der Waals surface area contributed by atoms with Crippen molar-refractivity contribution in [3.05, 3.63) is 47.5 Å². The SMILES string of the molecule is Cc1ccc(C#N)cc1Nc1nc2c(N)cccc2o1. The molecule has 20 heavy (non-hydrogen) atoms. The summed E-state index contributed by atoms with van der Waals surface area (Å²) in [6.45, 7) is 1.94. The van der Waals surface area contributed by atoms with Crippen LogP contribution in [-0.4, -0.2) is 4.98 Å². The largest absolute Gasteiger partial charge is 0.423 e. The average Bonchev–Trinajstić information content (AvgIpc) is 2.85. The number of para-hydroxylation sites is 1. The second-order valence-corrected chi connectivity index (χ2v) is 4.48. The van der Waals surface area contributed by atoms with Crippen LogP contribution < -0.4 is 11.1 Å². The van der Waals surface area contributed by atoms with Gasteiger partial charge in [-0.15, -0.1) is 0 Å². The monoisotopic (exact) mass is 264 g/mol. The minimum Gasteiger partial charge on any atom is -0.423 e. The lowest BCUT2D eigenvalue weighted by atomic mass is 10.1. The van der Waals surface area contributed by atoms with E-state index in [1.165, 1.54) is 0 Å². The lowest BCUT2D eigenvalue weighted by Gasteiger charge is -2.05. The summed E-state index contributed by atoms with van der Waals surface area (Å²) in [6, 6.07) is 13.3. The Morgan fingerprint density at radius 3 is 2.90 bits per heavy atom. The third-order valence-corrected chi connectivity index (χ3v) is 3.06. The van der Waals surface area contributed by atoms with Gasteiger partial charge in [0, 0.05) is 5.69 Å². The first-order chi connectivity index (χ1) is 9.67. The van der Waals surface area contributed by atoms with Gasteiger partial charge in [-0.1, -0.05) is 12.1 Å². The van der Waals surface area contributed by atoms with Crippen molar-refractivity contribution in [2.75, 3.05) is 11.1 Å². The van der Waals surface area contributed by atoms with E-state index in [-0.39, 0.29) is 0 Å². The van der Waals surface area contributed by atoms with Crippen LogP contribution in [0.3, 0.4) is 0 Å². The fraction of sp³-hybridized carbons (Fsp3) is 0.0667. The van der Waals surface area contributed by atoms with Crippen molar-refractivity contribution in [2.45, 2.75) is 6.92 Å². The molecule has 3 N–H and O–H groups in total. The number of hydrogen-bond donors (Lipinski definition) is 2. The number of aryl methyl sites for hydroxylation is 1. The summed E-state index contributed by atoms with van der Waals surface area (Å²) < 4.78 is 5.60. The highest BCUT2D eigenvalue weighted by Gasteiger charge is 2.09. The van der Waals surface area contributed by atoms with Gasteiger partial charge in [0.2, 0.25) is 0 Å². The number of nitrogen functional groups attached to an aromatic ring is 1. The Morgan fingerprint density at radius 1 is 1.30 bits per heavy atom. The highest BCUT2D eigenvalue weighted by Crippen LogP contribution is 2.27. The molecular weight excluding hydrogens is 252 g/mol. The van der Waals surface area contributed by atoms with E-state index in [1.54, 1.807) is 18.2 Å². The fourth-order valence-corrected chi connectivity index (χ4v) is 1.96. The Labute approximate surface area is 115 Å². The first kappa shape index (κ1) is 12.1. The molecule has 0 amide bonds. The molecule has 2 aromatic carbocycles. The number of nitrogens with two attached hydrogens (primary N) is 1. The fourth-order valence-electron chi connectivity index (χ4n) is 1.96. The van der Waals surface area contributed by atoms with Crippen LogP contribution in [0.2, 0.25) is 0 Å². The van der Waals surface area contributed by atoms with Crippen LogP contribution in [0.15, 0.2) is 40.8 Å². The molecule has 0 aliphatic heterocycles. The van der Waals surface area contributed by atoms with Crippen LogP contribution in [0.25, 0.3) is 11.1 Å². The van der Waals surface area contributed by atoms with Gasteiger partial charge in [0.15, 0.2) is 5.58 Å². The van der Waals surface area contributed by atoms with Crippen molar-refractivity contribution >= 4 is 28.5 Å². The molecule has 5 nitrogen and oxygen atoms in total. The lowest BCUT2D eigenvalue weighted by molar-refractivity contribution is 0.623. The second kappa shape index (κ2) is 4.59. The van der Waals surface area contributed by atoms with E-state index in [9.17, 15) is 0 Å². The molecule has 0 aliphatic carbocycles. The van der Waals surface area contributed by atoms with E-state index in [2.05, 4.69) is 16.4 Å². The van der Waals surface area contributed by atoms with Crippen molar-refractivity contribution in [3.8, 4) is 6.07 Å². The molecule has 1 aromatic heterocycles. The Hall–Kier alpha value is -3.00. The zero-order valence-electron chi connectivity index (χ0n) is 10.8. The van der Waals surface area contributed by atoms with Crippen LogP contribution in [0.4, 0.5) is 17.4 Å². The number of fused-ring (bicyclic) bond motifs is 1. The topological polar surface area (TPSA) is 87.9 Å². The molecule has 0 spiro atoms. The van der Waals surface area contributed by atoms with Gasteiger partial charge < -0.3 is 15.5 Å². The number of nitrogens with zero attached hydrogens (tertiary/aromatic N) is 2. The van der Waals surface area contributed by atoms with Crippen molar-refractivity contribution < 1.29 is 4.42 Å². The summed E-state index contributed by atoms with van der Waals surface area (Å²) in [5.41, 5.74) is 10.0. The standard InChI is InChI=1S/C15H12N4O/c1-9-5-6-10(8-16)7-12(9)18-15-19-14-11(17)3-2-4-13(14)20-15/h2-7H,17H2,1H3,(H,18,19). The number of rotatable bonds is 2. The zero-order valence-corrected chi connectivity index (χ0v) is 10.8. The number of anilines is 3. The smallest absolute Gasteiger partial charge is 0.300 e. The van der Waals surface area contributed by atoms with Crippen molar-refractivity contribution in [2.24, 2.45) is 0 Å². The summed E-state index contributed by atoms with van der Waals surface area (Å²) in [5.74, 6) is 0. The van der Waals surface area contributed by atoms with E-state index in [4.69, 9.17) is 15.4 Å². The van der Waals surface area contributed by atoms with Crippen LogP contribution in [0, 0.1) is 18.3 Å². The van der Waals surface area contributed by atoms with E-state index >= 15 is 0 Å². The second-order valence-electron chi connectivity index (χ2n) is 4.48. The number of benzene rings is 2. The van der Waals surface area contributed by atoms with Gasteiger partial charge >= 0.3 is 0 Å². The molecule has 0 aliphatic rings. The Balaban J connectivity index is 2.01. The van der Waals surface area contributed by atoms with Crippen molar-refractivity contribution in [1.82, 2.24) is 4.98 Å². The summed E-state index contributed by atoms with van der Waals surface area (Å²) in [4.78, 5) is 4.32. The quantitative estimate of drug-likeness (QED) is 0.693. The molecule has 0 saturated carbocycles. The van der Waals surface area contributed by atoms with Gasteiger partial charge in [0.25, 0.3) is 6.01 Å². The van der Waals surface area contributed by atoms with Crippen molar-refractivity contribution in [1.29, 1.82) is 5.26 Å². The normalized spacial score (nSPS) is 10.4. The van der Waals surface area contributed by atoms with Gasteiger partial charge in [0.05, 0.1) is 17.3 Å². The van der Waals surface area contributed by atoms with E-state index < -0.39 is 0 Å². The highest BCUT2D eigenvalue weighted by molar-refractivity contribution is 5.86. The summed E-state index contributed by atoms with van der Waals surface area (Å²) in [7, 11) is 0. The minimum atomic E-state index is 0.357. The van der Waals surface area contributed by atoms with Crippen LogP contribution in [-0.2, 0) is 0 Å². The van der Waals surface area contributed by atoms with Gasteiger partial charge in [0.1, 0.15) is 5.52 Å². The first-order valence-corrected chi connectivity index (χ1v) is 6.10. The van der Waals surface area contributed by atoms with Crippen LogP contribution in [0.5, 0.6) is 0 Å². The van der Waals surface area contributed by atoms with Gasteiger partial charge in [-0.2, -0.15) is 10.2 Å². The lowest BCUT2D eigenvalue weighted by Crippen LogP contribution is -1.94. The predicted molar refractivity (Wildman–Crippen MR) is 77.6 cm³/mol. The van der Waals surface area contributed by atoms with E-state index in [1.807, 2.05) is 25.1 Å². The van der Waals surface area contributed by atoms with Crippen LogP contribution >= 0.6 is 0 Å². The zero-order chi connectivity index (χ0) is 14.1. The maximum absolute atomic E-state index is 8.94. The number of oxazole rings is 1. The average molecular weight is 264 g/mol. The van der Waals surface area contributed by atoms with E-state index in [0.717, 1.165) is 11.3 Å². The molecule has 0 fully saturated rings.